The number of benzene rings is 2. The van der Waals surface area contributed by atoms with Gasteiger partial charge >= 0.3 is 0 Å². The van der Waals surface area contributed by atoms with Gasteiger partial charge in [-0.15, -0.1) is 11.3 Å². The van der Waals surface area contributed by atoms with E-state index in [1.54, 1.807) is 16.7 Å². The summed E-state index contributed by atoms with van der Waals surface area (Å²) in [6.45, 7) is 0.526. The normalized spacial score (nSPS) is 11.1. The topological polar surface area (TPSA) is 52.0 Å². The lowest BCUT2D eigenvalue weighted by Gasteiger charge is -2.12. The van der Waals surface area contributed by atoms with Crippen molar-refractivity contribution in [1.29, 1.82) is 0 Å². The van der Waals surface area contributed by atoms with Gasteiger partial charge in [0.1, 0.15) is 4.70 Å². The van der Waals surface area contributed by atoms with Gasteiger partial charge in [-0.05, 0) is 35.6 Å². The van der Waals surface area contributed by atoms with E-state index in [0.717, 1.165) is 16.5 Å². The third-order valence-electron chi connectivity index (χ3n) is 4.50. The minimum absolute atomic E-state index is 0.0109. The van der Waals surface area contributed by atoms with E-state index in [9.17, 15) is 9.59 Å². The Bertz CT molecular complexity index is 1200. The van der Waals surface area contributed by atoms with Crippen molar-refractivity contribution < 1.29 is 4.79 Å². The molecule has 7 heteroatoms. The molecule has 0 spiro atoms. The quantitative estimate of drug-likeness (QED) is 0.199. The largest absolute Gasteiger partial charge is 0.293 e. The van der Waals surface area contributed by atoms with E-state index in [1.165, 1.54) is 23.1 Å². The lowest BCUT2D eigenvalue weighted by Crippen LogP contribution is -2.24. The summed E-state index contributed by atoms with van der Waals surface area (Å²) in [6.07, 6.45) is 0.730. The van der Waals surface area contributed by atoms with E-state index >= 15 is 0 Å². The van der Waals surface area contributed by atoms with Gasteiger partial charge in [0, 0.05) is 16.6 Å². The van der Waals surface area contributed by atoms with Crippen LogP contribution >= 0.6 is 39.0 Å². The Kier molecular flexibility index (Phi) is 6.28. The van der Waals surface area contributed by atoms with Gasteiger partial charge in [0.25, 0.3) is 5.56 Å². The Morgan fingerprint density at radius 2 is 1.83 bits per heavy atom. The van der Waals surface area contributed by atoms with Crippen LogP contribution in [0.15, 0.2) is 80.5 Å². The van der Waals surface area contributed by atoms with Crippen molar-refractivity contribution in [1.82, 2.24) is 9.55 Å². The Hall–Kier alpha value is -2.22. The number of carbonyl (C=O) groups excluding carboxylic acids is 1. The van der Waals surface area contributed by atoms with Gasteiger partial charge in [-0.2, -0.15) is 0 Å². The summed E-state index contributed by atoms with van der Waals surface area (Å²) >= 11 is 6.10. The SMILES string of the molecule is O=C(CSc1nc2ccsc2c(=O)n1CCc1ccccc1)c1ccc(Br)cc1. The van der Waals surface area contributed by atoms with Gasteiger partial charge in [-0.25, -0.2) is 4.98 Å². The van der Waals surface area contributed by atoms with Crippen LogP contribution in [0, 0.1) is 0 Å². The maximum atomic E-state index is 13.0. The minimum Gasteiger partial charge on any atom is -0.293 e. The molecule has 0 atom stereocenters. The van der Waals surface area contributed by atoms with Crippen molar-refractivity contribution in [2.24, 2.45) is 0 Å². The summed E-state index contributed by atoms with van der Waals surface area (Å²) in [5, 5.41) is 2.46. The predicted octanol–water partition coefficient (Wildman–Crippen LogP) is 5.44. The van der Waals surface area contributed by atoms with E-state index < -0.39 is 0 Å². The zero-order chi connectivity index (χ0) is 20.2. The van der Waals surface area contributed by atoms with Crippen LogP contribution in [0.5, 0.6) is 0 Å². The maximum Gasteiger partial charge on any atom is 0.272 e. The second-order valence-corrected chi connectivity index (χ2v) is 9.21. The molecule has 0 saturated heterocycles. The fourth-order valence-corrected chi connectivity index (χ4v) is 4.93. The van der Waals surface area contributed by atoms with E-state index in [1.807, 2.05) is 53.9 Å². The number of halogens is 1. The number of fused-ring (bicyclic) bond motifs is 1. The molecule has 0 bridgehead atoms. The van der Waals surface area contributed by atoms with Crippen molar-refractivity contribution in [3.05, 3.63) is 92.0 Å². The standard InChI is InChI=1S/C22H17BrN2O2S2/c23-17-8-6-16(7-9-17)19(26)14-29-22-24-18-11-13-28-20(18)21(27)25(22)12-10-15-4-2-1-3-5-15/h1-9,11,13H,10,12,14H2. The highest BCUT2D eigenvalue weighted by molar-refractivity contribution is 9.10. The van der Waals surface area contributed by atoms with Crippen LogP contribution in [0.1, 0.15) is 15.9 Å². The third kappa shape index (κ3) is 4.69. The van der Waals surface area contributed by atoms with Crippen LogP contribution in [0.4, 0.5) is 0 Å². The Morgan fingerprint density at radius 3 is 2.59 bits per heavy atom. The highest BCUT2D eigenvalue weighted by Crippen LogP contribution is 2.22. The molecule has 0 N–H and O–H groups in total. The fraction of sp³-hybridized carbons (Fsp3) is 0.136. The van der Waals surface area contributed by atoms with Crippen molar-refractivity contribution in [2.75, 3.05) is 5.75 Å². The average molecular weight is 485 g/mol. The number of aromatic nitrogens is 2. The van der Waals surface area contributed by atoms with E-state index in [-0.39, 0.29) is 17.1 Å². The number of Topliss-reactive ketones (excluding diaryl/α,β-unsaturated/α-hetero) is 1. The van der Waals surface area contributed by atoms with Gasteiger partial charge < -0.3 is 0 Å². The van der Waals surface area contributed by atoms with Gasteiger partial charge in [0.05, 0.1) is 11.3 Å². The number of thiophene rings is 1. The van der Waals surface area contributed by atoms with Crippen molar-refractivity contribution in [3.63, 3.8) is 0 Å². The summed E-state index contributed by atoms with van der Waals surface area (Å²) in [5.74, 6) is 0.242. The highest BCUT2D eigenvalue weighted by atomic mass is 79.9. The van der Waals surface area contributed by atoms with Crippen LogP contribution < -0.4 is 5.56 Å². The molecule has 4 aromatic rings. The number of nitrogens with zero attached hydrogens (tertiary/aromatic N) is 2. The molecule has 146 valence electrons. The molecule has 2 heterocycles. The zero-order valence-electron chi connectivity index (χ0n) is 15.4. The molecule has 4 nitrogen and oxygen atoms in total. The third-order valence-corrected chi connectivity index (χ3v) is 6.89. The summed E-state index contributed by atoms with van der Waals surface area (Å²) in [6, 6.07) is 19.2. The summed E-state index contributed by atoms with van der Waals surface area (Å²) in [4.78, 5) is 30.2. The molecule has 2 aromatic heterocycles. The predicted molar refractivity (Wildman–Crippen MR) is 123 cm³/mol. The first-order valence-electron chi connectivity index (χ1n) is 9.05. The number of hydrogen-bond donors (Lipinski definition) is 0. The lowest BCUT2D eigenvalue weighted by atomic mass is 10.1. The Morgan fingerprint density at radius 1 is 1.07 bits per heavy atom. The number of carbonyl (C=O) groups is 1. The van der Waals surface area contributed by atoms with Crippen LogP contribution in [-0.2, 0) is 13.0 Å². The summed E-state index contributed by atoms with van der Waals surface area (Å²) in [5.41, 5.74) is 2.46. The first-order chi connectivity index (χ1) is 14.1. The monoisotopic (exact) mass is 484 g/mol. The molecular weight excluding hydrogens is 468 g/mol. The zero-order valence-corrected chi connectivity index (χ0v) is 18.6. The maximum absolute atomic E-state index is 13.0. The second kappa shape index (κ2) is 9.07. The summed E-state index contributed by atoms with van der Waals surface area (Å²) < 4.78 is 3.29. The fourth-order valence-electron chi connectivity index (χ4n) is 2.97. The Balaban J connectivity index is 1.59. The van der Waals surface area contributed by atoms with Gasteiger partial charge in [-0.1, -0.05) is 70.2 Å². The molecule has 4 rings (SSSR count). The molecule has 0 unspecified atom stereocenters. The number of hydrogen-bond acceptors (Lipinski definition) is 5. The molecule has 0 amide bonds. The molecule has 0 aliphatic heterocycles. The van der Waals surface area contributed by atoms with Crippen molar-refractivity contribution in [3.8, 4) is 0 Å². The number of ketones is 1. The second-order valence-electron chi connectivity index (χ2n) is 6.44. The smallest absolute Gasteiger partial charge is 0.272 e. The molecule has 0 fully saturated rings. The van der Waals surface area contributed by atoms with Gasteiger partial charge in [-0.3, -0.25) is 14.2 Å². The lowest BCUT2D eigenvalue weighted by molar-refractivity contribution is 0.102. The number of rotatable bonds is 7. The average Bonchev–Trinajstić information content (AvgIpc) is 3.21. The van der Waals surface area contributed by atoms with Crippen LogP contribution in [0.2, 0.25) is 0 Å². The van der Waals surface area contributed by atoms with E-state index in [0.29, 0.717) is 27.5 Å². The highest BCUT2D eigenvalue weighted by Gasteiger charge is 2.15. The molecule has 0 saturated carbocycles. The van der Waals surface area contributed by atoms with Crippen molar-refractivity contribution in [2.45, 2.75) is 18.1 Å². The molecule has 0 aliphatic carbocycles. The first kappa shape index (κ1) is 20.1. The molecular formula is C22H17BrN2O2S2. The van der Waals surface area contributed by atoms with Crippen LogP contribution in [-0.4, -0.2) is 21.1 Å². The van der Waals surface area contributed by atoms with Gasteiger partial charge in [0.2, 0.25) is 0 Å². The Labute approximate surface area is 184 Å². The number of thioether (sulfide) groups is 1. The van der Waals surface area contributed by atoms with Crippen LogP contribution in [0.3, 0.4) is 0 Å². The van der Waals surface area contributed by atoms with E-state index in [4.69, 9.17) is 0 Å². The van der Waals surface area contributed by atoms with Crippen LogP contribution in [0.25, 0.3) is 10.2 Å². The van der Waals surface area contributed by atoms with E-state index in [2.05, 4.69) is 20.9 Å². The number of aryl methyl sites for hydroxylation is 1. The van der Waals surface area contributed by atoms with Crippen molar-refractivity contribution >= 4 is 55.0 Å². The summed E-state index contributed by atoms with van der Waals surface area (Å²) in [7, 11) is 0. The molecule has 0 radical (unpaired) electrons. The first-order valence-corrected chi connectivity index (χ1v) is 11.7. The molecule has 0 aliphatic rings. The van der Waals surface area contributed by atoms with Gasteiger partial charge in [0.15, 0.2) is 10.9 Å². The molecule has 2 aromatic carbocycles. The minimum atomic E-state index is -0.0421. The molecule has 29 heavy (non-hydrogen) atoms.